The molecule has 0 radical (unpaired) electrons. The average Bonchev–Trinajstić information content (AvgIpc) is 3.28. The third kappa shape index (κ3) is 4.88. The van der Waals surface area contributed by atoms with Crippen LogP contribution in [0, 0.1) is 22.7 Å². The van der Waals surface area contributed by atoms with Crippen LogP contribution in [0.3, 0.4) is 0 Å². The number of ether oxygens (including phenoxy) is 1. The number of esters is 1. The first-order valence-corrected chi connectivity index (χ1v) is 12.9. The Morgan fingerprint density at radius 1 is 1.18 bits per heavy atom. The predicted molar refractivity (Wildman–Crippen MR) is 136 cm³/mol. The molecule has 2 saturated carbocycles. The van der Waals surface area contributed by atoms with Crippen molar-refractivity contribution in [2.75, 3.05) is 13.7 Å². The second-order valence-corrected chi connectivity index (χ2v) is 10.9. The SMILES string of the molecule is C=C1CCC2C(C)(C(=O)OC)CCCC2(C)C1CCc1ccoc1CNCCc1ccccc1. The van der Waals surface area contributed by atoms with E-state index in [-0.39, 0.29) is 16.8 Å². The normalized spacial score (nSPS) is 29.0. The lowest BCUT2D eigenvalue weighted by Crippen LogP contribution is -2.53. The van der Waals surface area contributed by atoms with E-state index < -0.39 is 0 Å². The highest BCUT2D eigenvalue weighted by Gasteiger charge is 2.57. The Labute approximate surface area is 205 Å². The molecule has 4 nitrogen and oxygen atoms in total. The number of allylic oxidation sites excluding steroid dienone is 1. The minimum absolute atomic E-state index is 0.0339. The number of nitrogens with one attached hydrogen (secondary N) is 1. The molecule has 1 heterocycles. The molecular weight excluding hydrogens is 422 g/mol. The van der Waals surface area contributed by atoms with E-state index in [1.807, 2.05) is 6.26 Å². The molecule has 1 aromatic carbocycles. The van der Waals surface area contributed by atoms with Crippen LogP contribution in [0.15, 0.2) is 59.2 Å². The van der Waals surface area contributed by atoms with E-state index >= 15 is 0 Å². The maximum atomic E-state index is 12.8. The van der Waals surface area contributed by atoms with Gasteiger partial charge in [-0.3, -0.25) is 4.79 Å². The Morgan fingerprint density at radius 3 is 2.74 bits per heavy atom. The van der Waals surface area contributed by atoms with Crippen LogP contribution in [-0.2, 0) is 28.9 Å². The molecule has 4 heteroatoms. The van der Waals surface area contributed by atoms with Gasteiger partial charge >= 0.3 is 5.97 Å². The lowest BCUT2D eigenvalue weighted by molar-refractivity contribution is -0.168. The highest BCUT2D eigenvalue weighted by atomic mass is 16.5. The van der Waals surface area contributed by atoms with Crippen molar-refractivity contribution in [2.45, 2.75) is 71.8 Å². The largest absolute Gasteiger partial charge is 0.469 e. The lowest BCUT2D eigenvalue weighted by Gasteiger charge is -2.57. The summed E-state index contributed by atoms with van der Waals surface area (Å²) in [4.78, 5) is 12.8. The molecule has 0 bridgehead atoms. The molecule has 1 aromatic heterocycles. The van der Waals surface area contributed by atoms with Gasteiger partial charge in [0, 0.05) is 0 Å². The molecule has 2 aromatic rings. The molecule has 2 aliphatic carbocycles. The van der Waals surface area contributed by atoms with Gasteiger partial charge in [0.25, 0.3) is 0 Å². The third-order valence-electron chi connectivity index (χ3n) is 8.93. The van der Waals surface area contributed by atoms with Gasteiger partial charge in [-0.1, -0.05) is 55.8 Å². The van der Waals surface area contributed by atoms with E-state index in [9.17, 15) is 4.79 Å². The summed E-state index contributed by atoms with van der Waals surface area (Å²) in [5, 5.41) is 3.54. The van der Waals surface area contributed by atoms with E-state index in [0.29, 0.717) is 11.8 Å². The topological polar surface area (TPSA) is 51.5 Å². The number of fused-ring (bicyclic) bond motifs is 1. The van der Waals surface area contributed by atoms with Gasteiger partial charge in [0.1, 0.15) is 5.76 Å². The van der Waals surface area contributed by atoms with Crippen molar-refractivity contribution in [3.8, 4) is 0 Å². The Hall–Kier alpha value is -2.33. The standard InChI is InChI=1S/C30H41NO3/c1-22-11-14-27-29(2,17-8-18-30(27,3)28(32)33-4)25(22)13-12-24-16-20-34-26(24)21-31-19-15-23-9-6-5-7-10-23/h5-7,9-10,16,20,25,27,31H,1,8,11-15,17-19,21H2,2-4H3. The fourth-order valence-corrected chi connectivity index (χ4v) is 7.08. The van der Waals surface area contributed by atoms with E-state index in [4.69, 9.17) is 9.15 Å². The fraction of sp³-hybridized carbons (Fsp3) is 0.567. The molecule has 184 valence electrons. The van der Waals surface area contributed by atoms with E-state index in [1.165, 1.54) is 23.8 Å². The monoisotopic (exact) mass is 463 g/mol. The summed E-state index contributed by atoms with van der Waals surface area (Å²) in [5.41, 5.74) is 3.70. The van der Waals surface area contributed by atoms with Gasteiger partial charge in [0.15, 0.2) is 0 Å². The maximum absolute atomic E-state index is 12.8. The molecule has 0 amide bonds. The minimum atomic E-state index is -0.385. The molecular formula is C30H41NO3. The van der Waals surface area contributed by atoms with Gasteiger partial charge < -0.3 is 14.5 Å². The number of hydrogen-bond donors (Lipinski definition) is 1. The molecule has 4 atom stereocenters. The quantitative estimate of drug-likeness (QED) is 0.262. The Morgan fingerprint density at radius 2 is 1.97 bits per heavy atom. The van der Waals surface area contributed by atoms with Crippen molar-refractivity contribution in [1.82, 2.24) is 5.32 Å². The maximum Gasteiger partial charge on any atom is 0.311 e. The summed E-state index contributed by atoms with van der Waals surface area (Å²) >= 11 is 0. The summed E-state index contributed by atoms with van der Waals surface area (Å²) in [5.74, 6) is 1.78. The highest BCUT2D eigenvalue weighted by Crippen LogP contribution is 2.62. The molecule has 2 fully saturated rings. The summed E-state index contributed by atoms with van der Waals surface area (Å²) < 4.78 is 11.1. The van der Waals surface area contributed by atoms with Gasteiger partial charge in [-0.2, -0.15) is 0 Å². The van der Waals surface area contributed by atoms with Crippen LogP contribution in [0.5, 0.6) is 0 Å². The highest BCUT2D eigenvalue weighted by molar-refractivity contribution is 5.77. The lowest BCUT2D eigenvalue weighted by atomic mass is 9.46. The number of benzene rings is 1. The zero-order valence-electron chi connectivity index (χ0n) is 21.2. The molecule has 0 aliphatic heterocycles. The van der Waals surface area contributed by atoms with Crippen molar-refractivity contribution in [3.63, 3.8) is 0 Å². The second kappa shape index (κ2) is 10.5. The summed E-state index contributed by atoms with van der Waals surface area (Å²) in [6.07, 6.45) is 10.1. The molecule has 34 heavy (non-hydrogen) atoms. The number of carbonyl (C=O) groups is 1. The van der Waals surface area contributed by atoms with Gasteiger partial charge in [0.05, 0.1) is 25.3 Å². The molecule has 2 aliphatic rings. The summed E-state index contributed by atoms with van der Waals surface area (Å²) in [7, 11) is 1.53. The van der Waals surface area contributed by atoms with Crippen LogP contribution >= 0.6 is 0 Å². The number of methoxy groups -OCH3 is 1. The molecule has 1 N–H and O–H groups in total. The van der Waals surface area contributed by atoms with Crippen LogP contribution in [0.25, 0.3) is 0 Å². The van der Waals surface area contributed by atoms with Crippen LogP contribution < -0.4 is 5.32 Å². The Kier molecular flexibility index (Phi) is 7.67. The first-order valence-electron chi connectivity index (χ1n) is 12.9. The number of furan rings is 1. The van der Waals surface area contributed by atoms with Crippen molar-refractivity contribution in [2.24, 2.45) is 22.7 Å². The molecule has 0 spiro atoms. The van der Waals surface area contributed by atoms with Gasteiger partial charge in [-0.05, 0) is 92.9 Å². The zero-order valence-corrected chi connectivity index (χ0v) is 21.2. The molecule has 4 rings (SSSR count). The van der Waals surface area contributed by atoms with Crippen LogP contribution in [0.4, 0.5) is 0 Å². The van der Waals surface area contributed by atoms with E-state index in [1.54, 1.807) is 0 Å². The Balaban J connectivity index is 1.39. The number of aryl methyl sites for hydroxylation is 1. The average molecular weight is 464 g/mol. The minimum Gasteiger partial charge on any atom is -0.469 e. The van der Waals surface area contributed by atoms with Crippen molar-refractivity contribution in [3.05, 3.63) is 71.7 Å². The van der Waals surface area contributed by atoms with E-state index in [2.05, 4.69) is 62.1 Å². The van der Waals surface area contributed by atoms with Crippen LogP contribution in [-0.4, -0.2) is 19.6 Å². The number of rotatable bonds is 9. The summed E-state index contributed by atoms with van der Waals surface area (Å²) in [6, 6.07) is 12.7. The van der Waals surface area contributed by atoms with Crippen molar-refractivity contribution < 1.29 is 13.9 Å². The summed E-state index contributed by atoms with van der Waals surface area (Å²) in [6.45, 7) is 10.7. The first-order chi connectivity index (χ1) is 16.4. The smallest absolute Gasteiger partial charge is 0.311 e. The van der Waals surface area contributed by atoms with E-state index in [0.717, 1.165) is 70.2 Å². The number of carbonyl (C=O) groups excluding carboxylic acids is 1. The molecule has 4 unspecified atom stereocenters. The van der Waals surface area contributed by atoms with Crippen molar-refractivity contribution in [1.29, 1.82) is 0 Å². The van der Waals surface area contributed by atoms with Crippen molar-refractivity contribution >= 4 is 5.97 Å². The predicted octanol–water partition coefficient (Wildman–Crippen LogP) is 6.50. The first kappa shape index (κ1) is 24.8. The Bertz CT molecular complexity index is 980. The molecule has 0 saturated heterocycles. The van der Waals surface area contributed by atoms with Crippen LogP contribution in [0.1, 0.15) is 69.3 Å². The zero-order chi connectivity index (χ0) is 24.2. The fourth-order valence-electron chi connectivity index (χ4n) is 7.08. The third-order valence-corrected chi connectivity index (χ3v) is 8.93. The van der Waals surface area contributed by atoms with Crippen LogP contribution in [0.2, 0.25) is 0 Å². The number of hydrogen-bond acceptors (Lipinski definition) is 4. The van der Waals surface area contributed by atoms with Gasteiger partial charge in [-0.25, -0.2) is 0 Å². The van der Waals surface area contributed by atoms with Gasteiger partial charge in [0.2, 0.25) is 0 Å². The second-order valence-electron chi connectivity index (χ2n) is 10.9. The van der Waals surface area contributed by atoms with Gasteiger partial charge in [-0.15, -0.1) is 0 Å².